The van der Waals surface area contributed by atoms with Gasteiger partial charge in [-0.25, -0.2) is 0 Å². The Bertz CT molecular complexity index is 73.3. The van der Waals surface area contributed by atoms with Crippen molar-refractivity contribution in [3.8, 4) is 0 Å². The van der Waals surface area contributed by atoms with E-state index in [9.17, 15) is 0 Å². The van der Waals surface area contributed by atoms with Crippen LogP contribution in [0.1, 0.15) is 13.3 Å². The Morgan fingerprint density at radius 3 is 2.57 bits per heavy atom. The van der Waals surface area contributed by atoms with E-state index in [1.54, 1.807) is 0 Å². The Morgan fingerprint density at radius 1 is 1.86 bits per heavy atom. The van der Waals surface area contributed by atoms with Gasteiger partial charge in [0.25, 0.3) is 0 Å². The third kappa shape index (κ3) is 5.36. The van der Waals surface area contributed by atoms with Gasteiger partial charge in [0.1, 0.15) is 0 Å². The second kappa shape index (κ2) is 5.63. The molecule has 0 nitrogen and oxygen atoms in total. The minimum absolute atomic E-state index is 0.432. The fourth-order valence-corrected chi connectivity index (χ4v) is 2.38. The minimum atomic E-state index is 0.432. The molecule has 0 saturated carbocycles. The standard InChI is InChI=1S/C3H8BIS2/c1-2-3-7(5)4-6/h6H,2-3H2,1H3. The molecule has 0 saturated heterocycles. The zero-order valence-corrected chi connectivity index (χ0v) is 8.09. The number of hydrogen-bond acceptors (Lipinski definition) is 0. The average Bonchev–Trinajstić information content (AvgIpc) is 1.68. The van der Waals surface area contributed by atoms with Gasteiger partial charge in [-0.2, -0.15) is 0 Å². The molecule has 0 N–H and O–H groups in total. The summed E-state index contributed by atoms with van der Waals surface area (Å²) >= 11 is 6.43. The van der Waals surface area contributed by atoms with Gasteiger partial charge in [0, 0.05) is 0 Å². The van der Waals surface area contributed by atoms with Gasteiger partial charge in [0.2, 0.25) is 0 Å². The van der Waals surface area contributed by atoms with Crippen LogP contribution in [0.15, 0.2) is 0 Å². The Labute approximate surface area is 65.4 Å². The molecule has 0 rings (SSSR count). The van der Waals surface area contributed by atoms with E-state index in [4.69, 9.17) is 0 Å². The summed E-state index contributed by atoms with van der Waals surface area (Å²) in [6.07, 6.45) is 1.27. The molecule has 0 aromatic rings. The van der Waals surface area contributed by atoms with Gasteiger partial charge < -0.3 is 0 Å². The van der Waals surface area contributed by atoms with Gasteiger partial charge in [0.15, 0.2) is 0 Å². The second-order valence-corrected chi connectivity index (χ2v) is 6.55. The molecule has 0 aliphatic heterocycles. The Hall–Kier alpha value is 1.49. The molecule has 0 aliphatic rings. The van der Waals surface area contributed by atoms with Gasteiger partial charge >= 0.3 is 65.7 Å². The predicted octanol–water partition coefficient (Wildman–Crippen LogP) is 2.48. The molecule has 7 heavy (non-hydrogen) atoms. The first-order valence-electron chi connectivity index (χ1n) is 2.14. The molecule has 4 heteroatoms. The van der Waals surface area contributed by atoms with Crippen molar-refractivity contribution in [2.75, 3.05) is 5.75 Å². The summed E-state index contributed by atoms with van der Waals surface area (Å²) in [6.45, 7) is 2.19. The van der Waals surface area contributed by atoms with E-state index in [2.05, 4.69) is 40.6 Å². The van der Waals surface area contributed by atoms with E-state index >= 15 is 0 Å². The first-order chi connectivity index (χ1) is 3.31. The van der Waals surface area contributed by atoms with E-state index in [1.807, 2.05) is 5.43 Å². The van der Waals surface area contributed by atoms with Gasteiger partial charge in [-0.3, -0.25) is 0 Å². The summed E-state index contributed by atoms with van der Waals surface area (Å²) in [4.78, 5) is 0. The quantitative estimate of drug-likeness (QED) is 0.432. The van der Waals surface area contributed by atoms with Crippen molar-refractivity contribution >= 4 is 46.6 Å². The van der Waals surface area contributed by atoms with Crippen molar-refractivity contribution in [2.24, 2.45) is 0 Å². The first-order valence-corrected chi connectivity index (χ1v) is 6.66. The summed E-state index contributed by atoms with van der Waals surface area (Å²) in [6, 6.07) is 0. The number of hydrogen-bond donors (Lipinski definition) is 1. The molecular weight excluding hydrogens is 238 g/mol. The molecule has 0 radical (unpaired) electrons. The summed E-state index contributed by atoms with van der Waals surface area (Å²) in [5.74, 6) is 1.28. The van der Waals surface area contributed by atoms with Crippen LogP contribution in [-0.4, -0.2) is 11.2 Å². The van der Waals surface area contributed by atoms with Gasteiger partial charge in [-0.15, -0.1) is 0 Å². The van der Waals surface area contributed by atoms with Crippen LogP contribution in [0.3, 0.4) is 0 Å². The molecule has 42 valence electrons. The van der Waals surface area contributed by atoms with Gasteiger partial charge in [-0.1, -0.05) is 0 Å². The van der Waals surface area contributed by atoms with Crippen LogP contribution >= 0.6 is 41.2 Å². The molecule has 1 atom stereocenters. The van der Waals surface area contributed by atoms with Crippen molar-refractivity contribution in [3.05, 3.63) is 0 Å². The van der Waals surface area contributed by atoms with Crippen molar-refractivity contribution in [3.63, 3.8) is 0 Å². The molecule has 0 amide bonds. The fourth-order valence-electron chi connectivity index (χ4n) is 0.248. The number of rotatable bonds is 2. The van der Waals surface area contributed by atoms with Crippen LogP contribution in [-0.2, 0) is 0 Å². The molecule has 0 aromatic heterocycles. The van der Waals surface area contributed by atoms with Gasteiger partial charge in [-0.05, 0) is 0 Å². The Morgan fingerprint density at radius 2 is 2.43 bits per heavy atom. The van der Waals surface area contributed by atoms with E-state index in [1.165, 1.54) is 12.2 Å². The maximum absolute atomic E-state index is 4.03. The number of thiol groups is 1. The topological polar surface area (TPSA) is 0 Å². The van der Waals surface area contributed by atoms with Crippen LogP contribution in [0.4, 0.5) is 0 Å². The average molecular weight is 246 g/mol. The van der Waals surface area contributed by atoms with E-state index in [0.717, 1.165) is 0 Å². The molecule has 0 aromatic carbocycles. The third-order valence-corrected chi connectivity index (χ3v) is 5.59. The van der Waals surface area contributed by atoms with E-state index in [0.29, 0.717) is 7.49 Å². The van der Waals surface area contributed by atoms with E-state index in [-0.39, 0.29) is 0 Å². The van der Waals surface area contributed by atoms with Crippen molar-refractivity contribution < 1.29 is 0 Å². The Balaban J connectivity index is 3.17. The second-order valence-electron chi connectivity index (χ2n) is 1.17. The third-order valence-electron chi connectivity index (χ3n) is 0.514. The summed E-state index contributed by atoms with van der Waals surface area (Å²) in [5.41, 5.74) is 1.96. The molecule has 0 bridgehead atoms. The predicted molar refractivity (Wildman–Crippen MR) is 51.5 cm³/mol. The molecule has 0 fully saturated rings. The van der Waals surface area contributed by atoms with Crippen LogP contribution in [0.5, 0.6) is 0 Å². The molecule has 1 unspecified atom stereocenters. The van der Waals surface area contributed by atoms with Crippen molar-refractivity contribution in [1.29, 1.82) is 0 Å². The SMILES string of the molecule is CCCS(I)=BS. The van der Waals surface area contributed by atoms with Crippen LogP contribution in [0.25, 0.3) is 0 Å². The maximum atomic E-state index is 4.03. The molecule has 0 heterocycles. The van der Waals surface area contributed by atoms with Gasteiger partial charge in [0.05, 0.1) is 0 Å². The van der Waals surface area contributed by atoms with Crippen molar-refractivity contribution in [1.82, 2.24) is 0 Å². The van der Waals surface area contributed by atoms with Crippen LogP contribution in [0, 0.1) is 0 Å². The van der Waals surface area contributed by atoms with Crippen molar-refractivity contribution in [2.45, 2.75) is 13.3 Å². The Kier molecular flexibility index (Phi) is 6.83. The normalized spacial score (nSPS) is 13.6. The van der Waals surface area contributed by atoms with E-state index < -0.39 is 0 Å². The number of halogens is 1. The molecular formula is C3H8BIS2. The summed E-state index contributed by atoms with van der Waals surface area (Å²) in [5, 5.41) is 0. The zero-order valence-electron chi connectivity index (χ0n) is 4.22. The van der Waals surface area contributed by atoms with Crippen LogP contribution in [0.2, 0.25) is 0 Å². The molecule has 0 aliphatic carbocycles. The monoisotopic (exact) mass is 246 g/mol. The first kappa shape index (κ1) is 8.49. The molecule has 0 spiro atoms. The fraction of sp³-hybridized carbons (Fsp3) is 1.00. The zero-order chi connectivity index (χ0) is 5.70. The summed E-state index contributed by atoms with van der Waals surface area (Å²) < 4.78 is 0. The van der Waals surface area contributed by atoms with Crippen LogP contribution < -0.4 is 0 Å². The summed E-state index contributed by atoms with van der Waals surface area (Å²) in [7, 11) is 0.432.